The molecule has 0 aromatic carbocycles. The van der Waals surface area contributed by atoms with E-state index in [0.717, 1.165) is 41.3 Å². The highest BCUT2D eigenvalue weighted by Crippen LogP contribution is 2.40. The Morgan fingerprint density at radius 2 is 2.36 bits per heavy atom. The zero-order valence-corrected chi connectivity index (χ0v) is 12.3. The predicted octanol–water partition coefficient (Wildman–Crippen LogP) is 2.83. The van der Waals surface area contributed by atoms with Gasteiger partial charge in [-0.2, -0.15) is 5.26 Å². The molecule has 3 heterocycles. The van der Waals surface area contributed by atoms with Gasteiger partial charge in [0.1, 0.15) is 23.1 Å². The molecular formula is C16H17N5O. The zero-order valence-electron chi connectivity index (χ0n) is 12.3. The Labute approximate surface area is 127 Å². The van der Waals surface area contributed by atoms with Crippen LogP contribution in [0.4, 0.5) is 0 Å². The van der Waals surface area contributed by atoms with E-state index in [1.165, 1.54) is 0 Å². The van der Waals surface area contributed by atoms with Gasteiger partial charge in [0, 0.05) is 11.6 Å². The third-order valence-electron chi connectivity index (χ3n) is 4.61. The Bertz CT molecular complexity index is 885. The van der Waals surface area contributed by atoms with E-state index in [2.05, 4.69) is 25.6 Å². The van der Waals surface area contributed by atoms with Crippen LogP contribution in [0.25, 0.3) is 22.1 Å². The smallest absolute Gasteiger partial charge is 0.139 e. The first-order valence-corrected chi connectivity index (χ1v) is 7.62. The van der Waals surface area contributed by atoms with Gasteiger partial charge in [-0.05, 0) is 32.3 Å². The van der Waals surface area contributed by atoms with Crippen molar-refractivity contribution in [3.63, 3.8) is 0 Å². The number of nitrogens with zero attached hydrogens (tertiary/aromatic N) is 4. The van der Waals surface area contributed by atoms with Crippen molar-refractivity contribution >= 4 is 22.1 Å². The number of aromatic nitrogens is 4. The second-order valence-electron chi connectivity index (χ2n) is 5.98. The van der Waals surface area contributed by atoms with Crippen LogP contribution in [0, 0.1) is 17.2 Å². The molecule has 1 saturated carbocycles. The van der Waals surface area contributed by atoms with Gasteiger partial charge in [0.2, 0.25) is 0 Å². The summed E-state index contributed by atoms with van der Waals surface area (Å²) in [7, 11) is 0. The van der Waals surface area contributed by atoms with Crippen LogP contribution in [0.3, 0.4) is 0 Å². The van der Waals surface area contributed by atoms with Crippen molar-refractivity contribution in [3.05, 3.63) is 24.3 Å². The third-order valence-corrected chi connectivity index (χ3v) is 4.61. The van der Waals surface area contributed by atoms with Crippen molar-refractivity contribution in [2.75, 3.05) is 0 Å². The molecule has 1 aliphatic rings. The number of H-pyrrole nitrogens is 1. The molecule has 6 nitrogen and oxygen atoms in total. The van der Waals surface area contributed by atoms with Gasteiger partial charge in [0.15, 0.2) is 0 Å². The highest BCUT2D eigenvalue weighted by Gasteiger charge is 2.33. The van der Waals surface area contributed by atoms with E-state index in [4.69, 9.17) is 0 Å². The summed E-state index contributed by atoms with van der Waals surface area (Å²) in [5.74, 6) is 0.592. The lowest BCUT2D eigenvalue weighted by atomic mass is 10.0. The Balaban J connectivity index is 2.07. The molecule has 3 atom stereocenters. The number of pyridine rings is 1. The number of nitrogens with one attached hydrogen (secondary N) is 1. The number of fused-ring (bicyclic) bond motifs is 3. The Morgan fingerprint density at radius 3 is 3.14 bits per heavy atom. The van der Waals surface area contributed by atoms with E-state index in [1.54, 1.807) is 13.1 Å². The lowest BCUT2D eigenvalue weighted by Gasteiger charge is -2.20. The lowest BCUT2D eigenvalue weighted by molar-refractivity contribution is 0.180. The number of hydrogen-bond acceptors (Lipinski definition) is 4. The van der Waals surface area contributed by atoms with E-state index >= 15 is 0 Å². The third kappa shape index (κ3) is 1.76. The number of aromatic amines is 1. The fourth-order valence-electron chi connectivity index (χ4n) is 3.64. The van der Waals surface area contributed by atoms with Crippen molar-refractivity contribution < 1.29 is 5.11 Å². The van der Waals surface area contributed by atoms with Crippen molar-refractivity contribution in [2.45, 2.75) is 38.3 Å². The summed E-state index contributed by atoms with van der Waals surface area (Å²) < 4.78 is 2.08. The van der Waals surface area contributed by atoms with Gasteiger partial charge in [-0.3, -0.25) is 0 Å². The van der Waals surface area contributed by atoms with Crippen LogP contribution >= 0.6 is 0 Å². The predicted molar refractivity (Wildman–Crippen MR) is 82.0 cm³/mol. The summed E-state index contributed by atoms with van der Waals surface area (Å²) in [6.45, 7) is 1.72. The molecule has 1 aliphatic carbocycles. The van der Waals surface area contributed by atoms with E-state index in [9.17, 15) is 10.4 Å². The van der Waals surface area contributed by atoms with E-state index in [-0.39, 0.29) is 12.0 Å². The van der Waals surface area contributed by atoms with Crippen LogP contribution in [0.1, 0.15) is 44.2 Å². The highest BCUT2D eigenvalue weighted by molar-refractivity contribution is 6.01. The average molecular weight is 295 g/mol. The number of rotatable bonds is 2. The molecule has 3 aromatic rings. The number of aliphatic hydroxyl groups excluding tert-OH is 1. The molecule has 3 unspecified atom stereocenters. The molecule has 0 saturated heterocycles. The quantitative estimate of drug-likeness (QED) is 0.760. The Kier molecular flexibility index (Phi) is 2.91. The van der Waals surface area contributed by atoms with Crippen LogP contribution in [-0.2, 0) is 0 Å². The number of nitriles is 1. The summed E-state index contributed by atoms with van der Waals surface area (Å²) in [5.41, 5.74) is 2.54. The van der Waals surface area contributed by atoms with E-state index in [0.29, 0.717) is 5.82 Å². The molecule has 4 rings (SSSR count). The minimum atomic E-state index is -0.679. The van der Waals surface area contributed by atoms with Gasteiger partial charge in [-0.1, -0.05) is 0 Å². The van der Waals surface area contributed by atoms with Gasteiger partial charge in [-0.25, -0.2) is 9.97 Å². The monoisotopic (exact) mass is 295 g/mol. The van der Waals surface area contributed by atoms with Crippen LogP contribution in [-0.4, -0.2) is 24.6 Å². The van der Waals surface area contributed by atoms with Gasteiger partial charge in [0.25, 0.3) is 0 Å². The normalized spacial score (nSPS) is 23.1. The largest absolute Gasteiger partial charge is 0.385 e. The molecule has 0 radical (unpaired) electrons. The van der Waals surface area contributed by atoms with Crippen LogP contribution in [0.5, 0.6) is 0 Å². The summed E-state index contributed by atoms with van der Waals surface area (Å²) >= 11 is 0. The van der Waals surface area contributed by atoms with Gasteiger partial charge >= 0.3 is 0 Å². The van der Waals surface area contributed by atoms with E-state index in [1.807, 2.05) is 12.3 Å². The number of hydrogen-bond donors (Lipinski definition) is 2. The fraction of sp³-hybridized carbons (Fsp3) is 0.438. The summed E-state index contributed by atoms with van der Waals surface area (Å²) in [6.07, 6.45) is 5.78. The molecule has 3 aromatic heterocycles. The molecule has 6 heteroatoms. The first kappa shape index (κ1) is 13.3. The fourth-order valence-corrected chi connectivity index (χ4v) is 3.64. The molecule has 2 N–H and O–H groups in total. The second kappa shape index (κ2) is 4.82. The molecule has 112 valence electrons. The first-order chi connectivity index (χ1) is 10.7. The average Bonchev–Trinajstić information content (AvgIpc) is 3.22. The van der Waals surface area contributed by atoms with Crippen LogP contribution < -0.4 is 0 Å². The van der Waals surface area contributed by atoms with Gasteiger partial charge in [0.05, 0.1) is 29.7 Å². The molecule has 1 fully saturated rings. The van der Waals surface area contributed by atoms with Crippen LogP contribution in [0.2, 0.25) is 0 Å². The lowest BCUT2D eigenvalue weighted by Crippen LogP contribution is -2.17. The molecule has 0 bridgehead atoms. The summed E-state index contributed by atoms with van der Waals surface area (Å²) in [5, 5.41) is 20.6. The topological polar surface area (TPSA) is 90.5 Å². The SMILES string of the molecule is CC(O)c1nc2cnc3[nH]ccc3c2n1C1CCCC1C#N. The zero-order chi connectivity index (χ0) is 15.3. The Morgan fingerprint density at radius 1 is 1.50 bits per heavy atom. The van der Waals surface area contributed by atoms with Crippen molar-refractivity contribution in [3.8, 4) is 6.07 Å². The summed E-state index contributed by atoms with van der Waals surface area (Å²) in [4.78, 5) is 12.1. The molecule has 0 aliphatic heterocycles. The first-order valence-electron chi connectivity index (χ1n) is 7.62. The Hall–Kier alpha value is -2.39. The maximum Gasteiger partial charge on any atom is 0.139 e. The second-order valence-corrected chi connectivity index (χ2v) is 5.98. The van der Waals surface area contributed by atoms with Crippen molar-refractivity contribution in [2.24, 2.45) is 5.92 Å². The minimum absolute atomic E-state index is 0.0305. The standard InChI is InChI=1S/C16H17N5O/c1-9(22)16-20-12-8-19-15-11(5-6-18-15)14(12)21(16)13-4-2-3-10(13)7-17/h5-6,8-10,13,22H,2-4H2,1H3,(H,18,19). The van der Waals surface area contributed by atoms with Gasteiger partial charge in [-0.15, -0.1) is 0 Å². The number of aliphatic hydroxyl groups is 1. The molecule has 0 spiro atoms. The van der Waals surface area contributed by atoms with Crippen LogP contribution in [0.15, 0.2) is 18.5 Å². The van der Waals surface area contributed by atoms with E-state index < -0.39 is 6.10 Å². The number of imidazole rings is 1. The van der Waals surface area contributed by atoms with Crippen molar-refractivity contribution in [1.29, 1.82) is 5.26 Å². The summed E-state index contributed by atoms with van der Waals surface area (Å²) in [6, 6.07) is 4.47. The highest BCUT2D eigenvalue weighted by atomic mass is 16.3. The maximum absolute atomic E-state index is 10.2. The van der Waals surface area contributed by atoms with Crippen molar-refractivity contribution in [1.82, 2.24) is 19.5 Å². The molecule has 0 amide bonds. The maximum atomic E-state index is 10.2. The molecular weight excluding hydrogens is 278 g/mol. The van der Waals surface area contributed by atoms with Gasteiger partial charge < -0.3 is 14.7 Å². The molecule has 22 heavy (non-hydrogen) atoms. The minimum Gasteiger partial charge on any atom is -0.385 e.